The molecule has 0 radical (unpaired) electrons. The fraction of sp³-hybridized carbons (Fsp3) is 0.222. The van der Waals surface area contributed by atoms with Gasteiger partial charge in [-0.15, -0.1) is 0 Å². The average molecular weight is 312 g/mol. The minimum atomic E-state index is -0.472. The van der Waals surface area contributed by atoms with E-state index in [4.69, 9.17) is 9.47 Å². The first-order valence-electron chi connectivity index (χ1n) is 7.34. The molecule has 5 nitrogen and oxygen atoms in total. The third kappa shape index (κ3) is 2.00. The number of phenols is 3. The smallest absolute Gasteiger partial charge is 0.201 e. The van der Waals surface area contributed by atoms with E-state index < -0.39 is 5.60 Å². The standard InChI is InChI=1S/C18H16O5/c1-18(2)6-5-10-14(23-18)8-13-11(15(10)20)7-9-3-4-12(19)16(21)17(9)22-13/h3-6,8,19-21H,7H2,1-2H3. The maximum atomic E-state index is 10.6. The lowest BCUT2D eigenvalue weighted by Gasteiger charge is -2.30. The second kappa shape index (κ2) is 4.35. The highest BCUT2D eigenvalue weighted by Gasteiger charge is 2.30. The van der Waals surface area contributed by atoms with E-state index >= 15 is 0 Å². The van der Waals surface area contributed by atoms with Gasteiger partial charge in [-0.2, -0.15) is 0 Å². The number of aromatic hydroxyl groups is 3. The van der Waals surface area contributed by atoms with Crippen molar-refractivity contribution in [1.29, 1.82) is 0 Å². The van der Waals surface area contributed by atoms with E-state index in [2.05, 4.69) is 0 Å². The highest BCUT2D eigenvalue weighted by molar-refractivity contribution is 5.74. The second-order valence-electron chi connectivity index (χ2n) is 6.35. The Morgan fingerprint density at radius 1 is 1.04 bits per heavy atom. The van der Waals surface area contributed by atoms with Crippen LogP contribution in [-0.2, 0) is 6.42 Å². The first kappa shape index (κ1) is 13.8. The maximum absolute atomic E-state index is 10.6. The average Bonchev–Trinajstić information content (AvgIpc) is 2.49. The normalized spacial score (nSPS) is 16.6. The summed E-state index contributed by atoms with van der Waals surface area (Å²) in [6, 6.07) is 4.78. The monoisotopic (exact) mass is 312 g/mol. The molecule has 0 spiro atoms. The van der Waals surface area contributed by atoms with Gasteiger partial charge >= 0.3 is 0 Å². The van der Waals surface area contributed by atoms with E-state index in [1.54, 1.807) is 12.1 Å². The summed E-state index contributed by atoms with van der Waals surface area (Å²) in [6.45, 7) is 3.84. The Balaban J connectivity index is 1.87. The Morgan fingerprint density at radius 3 is 2.61 bits per heavy atom. The van der Waals surface area contributed by atoms with Gasteiger partial charge in [0.25, 0.3) is 0 Å². The van der Waals surface area contributed by atoms with Gasteiger partial charge in [0.05, 0.1) is 5.56 Å². The molecule has 0 aliphatic carbocycles. The van der Waals surface area contributed by atoms with Crippen LogP contribution in [0.3, 0.4) is 0 Å². The van der Waals surface area contributed by atoms with Gasteiger partial charge in [-0.3, -0.25) is 0 Å². The molecule has 2 heterocycles. The summed E-state index contributed by atoms with van der Waals surface area (Å²) >= 11 is 0. The summed E-state index contributed by atoms with van der Waals surface area (Å²) < 4.78 is 11.6. The first-order valence-corrected chi connectivity index (χ1v) is 7.34. The largest absolute Gasteiger partial charge is 0.507 e. The Hall–Kier alpha value is -2.82. The highest BCUT2D eigenvalue weighted by Crippen LogP contribution is 2.51. The van der Waals surface area contributed by atoms with Crippen molar-refractivity contribution in [2.75, 3.05) is 0 Å². The molecule has 2 aliphatic heterocycles. The van der Waals surface area contributed by atoms with E-state index in [1.165, 1.54) is 6.07 Å². The van der Waals surface area contributed by atoms with E-state index in [-0.39, 0.29) is 23.0 Å². The van der Waals surface area contributed by atoms with Crippen LogP contribution in [0.25, 0.3) is 6.08 Å². The van der Waals surface area contributed by atoms with Crippen LogP contribution in [0.15, 0.2) is 24.3 Å². The summed E-state index contributed by atoms with van der Waals surface area (Å²) in [5.41, 5.74) is 1.48. The fourth-order valence-electron chi connectivity index (χ4n) is 2.94. The molecule has 23 heavy (non-hydrogen) atoms. The van der Waals surface area contributed by atoms with Crippen LogP contribution in [0.2, 0.25) is 0 Å². The van der Waals surface area contributed by atoms with E-state index in [0.29, 0.717) is 34.6 Å². The molecule has 0 atom stereocenters. The number of benzene rings is 2. The van der Waals surface area contributed by atoms with Crippen molar-refractivity contribution in [3.8, 4) is 34.5 Å². The lowest BCUT2D eigenvalue weighted by molar-refractivity contribution is 0.157. The van der Waals surface area contributed by atoms with Crippen molar-refractivity contribution in [3.05, 3.63) is 41.0 Å². The maximum Gasteiger partial charge on any atom is 0.201 e. The van der Waals surface area contributed by atoms with Gasteiger partial charge in [0.2, 0.25) is 5.75 Å². The molecule has 0 unspecified atom stereocenters. The Kier molecular flexibility index (Phi) is 2.61. The lowest BCUT2D eigenvalue weighted by atomic mass is 9.94. The predicted octanol–water partition coefficient (Wildman–Crippen LogP) is 3.68. The van der Waals surface area contributed by atoms with Gasteiger partial charge in [-0.1, -0.05) is 6.07 Å². The van der Waals surface area contributed by atoms with E-state index in [0.717, 1.165) is 0 Å². The molecule has 0 amide bonds. The molecule has 5 heteroatoms. The molecular weight excluding hydrogens is 296 g/mol. The molecular formula is C18H16O5. The number of hydrogen-bond donors (Lipinski definition) is 3. The molecule has 0 aromatic heterocycles. The Morgan fingerprint density at radius 2 is 1.83 bits per heavy atom. The number of ether oxygens (including phenoxy) is 2. The Labute approximate surface area is 133 Å². The molecule has 4 rings (SSSR count). The van der Waals surface area contributed by atoms with Gasteiger partial charge < -0.3 is 24.8 Å². The number of fused-ring (bicyclic) bond motifs is 3. The van der Waals surface area contributed by atoms with Crippen LogP contribution < -0.4 is 9.47 Å². The van der Waals surface area contributed by atoms with Crippen LogP contribution in [0.5, 0.6) is 34.5 Å². The molecule has 0 bridgehead atoms. The first-order chi connectivity index (χ1) is 10.9. The topological polar surface area (TPSA) is 79.2 Å². The number of rotatable bonds is 0. The van der Waals surface area contributed by atoms with E-state index in [1.807, 2.05) is 26.0 Å². The van der Waals surface area contributed by atoms with Crippen LogP contribution in [0, 0.1) is 0 Å². The molecule has 2 aromatic carbocycles. The van der Waals surface area contributed by atoms with E-state index in [9.17, 15) is 15.3 Å². The molecule has 118 valence electrons. The van der Waals surface area contributed by atoms with Crippen molar-refractivity contribution in [2.24, 2.45) is 0 Å². The number of phenolic OH excluding ortho intramolecular Hbond substituents is 3. The van der Waals surface area contributed by atoms with Gasteiger partial charge in [0.1, 0.15) is 22.8 Å². The van der Waals surface area contributed by atoms with Gasteiger partial charge in [0, 0.05) is 23.6 Å². The van der Waals surface area contributed by atoms with Crippen LogP contribution >= 0.6 is 0 Å². The summed E-state index contributed by atoms with van der Waals surface area (Å²) in [7, 11) is 0. The second-order valence-corrected chi connectivity index (χ2v) is 6.35. The minimum absolute atomic E-state index is 0.113. The summed E-state index contributed by atoms with van der Waals surface area (Å²) in [5.74, 6) is 0.726. The molecule has 2 aliphatic rings. The van der Waals surface area contributed by atoms with Gasteiger partial charge in [0.15, 0.2) is 11.5 Å². The minimum Gasteiger partial charge on any atom is -0.507 e. The molecule has 0 saturated carbocycles. The predicted molar refractivity (Wildman–Crippen MR) is 84.5 cm³/mol. The molecule has 3 N–H and O–H groups in total. The highest BCUT2D eigenvalue weighted by atomic mass is 16.5. The van der Waals surface area contributed by atoms with Crippen LogP contribution in [-0.4, -0.2) is 20.9 Å². The summed E-state index contributed by atoms with van der Waals surface area (Å²) in [4.78, 5) is 0. The summed E-state index contributed by atoms with van der Waals surface area (Å²) in [5, 5.41) is 30.2. The quantitative estimate of drug-likeness (QED) is 0.552. The Bertz CT molecular complexity index is 864. The van der Waals surface area contributed by atoms with Crippen molar-refractivity contribution in [3.63, 3.8) is 0 Å². The van der Waals surface area contributed by atoms with Gasteiger partial charge in [-0.05, 0) is 32.1 Å². The summed E-state index contributed by atoms with van der Waals surface area (Å²) in [6.07, 6.45) is 4.13. The third-order valence-corrected chi connectivity index (χ3v) is 4.16. The van der Waals surface area contributed by atoms with Crippen molar-refractivity contribution < 1.29 is 24.8 Å². The molecule has 2 aromatic rings. The number of hydrogen-bond acceptors (Lipinski definition) is 5. The zero-order valence-electron chi connectivity index (χ0n) is 12.8. The lowest BCUT2D eigenvalue weighted by Crippen LogP contribution is -2.27. The third-order valence-electron chi connectivity index (χ3n) is 4.16. The van der Waals surface area contributed by atoms with Crippen LogP contribution in [0.1, 0.15) is 30.5 Å². The van der Waals surface area contributed by atoms with Crippen molar-refractivity contribution >= 4 is 6.08 Å². The van der Waals surface area contributed by atoms with Crippen LogP contribution in [0.4, 0.5) is 0 Å². The van der Waals surface area contributed by atoms with Gasteiger partial charge in [-0.25, -0.2) is 0 Å². The fourth-order valence-corrected chi connectivity index (χ4v) is 2.94. The zero-order chi connectivity index (χ0) is 16.4. The van der Waals surface area contributed by atoms with Crippen molar-refractivity contribution in [1.82, 2.24) is 0 Å². The molecule has 0 fully saturated rings. The van der Waals surface area contributed by atoms with Crippen molar-refractivity contribution in [2.45, 2.75) is 25.9 Å². The SMILES string of the molecule is CC1(C)C=Cc2c(cc3c(c2O)Cc2ccc(O)c(O)c2O3)O1. The zero-order valence-corrected chi connectivity index (χ0v) is 12.8. The molecule has 0 saturated heterocycles.